The maximum absolute atomic E-state index is 13.7. The number of benzene rings is 3. The lowest BCUT2D eigenvalue weighted by Gasteiger charge is -2.29. The van der Waals surface area contributed by atoms with Crippen molar-refractivity contribution in [2.24, 2.45) is 0 Å². The minimum Gasteiger partial charge on any atom is -0.491 e. The van der Waals surface area contributed by atoms with E-state index in [0.717, 1.165) is 11.1 Å². The Labute approximate surface area is 208 Å². The summed E-state index contributed by atoms with van der Waals surface area (Å²) in [5, 5.41) is 12.2. The number of aliphatic hydroxyl groups is 1. The number of ether oxygens (including phenoxy) is 2. The lowest BCUT2D eigenvalue weighted by Crippen LogP contribution is -2.43. The SMILES string of the molecule is C=CCOc1ccc(OC[C@@H](O)CN(C(C)C)S(=O)(=O)c2cccc3c(N(C)C)cccc23)cc1. The highest BCUT2D eigenvalue weighted by Crippen LogP contribution is 2.32. The first kappa shape index (κ1) is 26.5. The van der Waals surface area contributed by atoms with E-state index in [9.17, 15) is 13.5 Å². The van der Waals surface area contributed by atoms with E-state index in [-0.39, 0.29) is 24.1 Å². The van der Waals surface area contributed by atoms with Crippen molar-refractivity contribution >= 4 is 26.5 Å². The van der Waals surface area contributed by atoms with E-state index in [1.54, 1.807) is 56.3 Å². The van der Waals surface area contributed by atoms with Gasteiger partial charge >= 0.3 is 0 Å². The van der Waals surface area contributed by atoms with Crippen molar-refractivity contribution in [1.82, 2.24) is 4.31 Å². The highest BCUT2D eigenvalue weighted by molar-refractivity contribution is 7.89. The predicted molar refractivity (Wildman–Crippen MR) is 141 cm³/mol. The number of aliphatic hydroxyl groups excluding tert-OH is 1. The molecule has 0 saturated carbocycles. The van der Waals surface area contributed by atoms with Gasteiger partial charge in [-0.05, 0) is 50.2 Å². The lowest BCUT2D eigenvalue weighted by atomic mass is 10.1. The van der Waals surface area contributed by atoms with E-state index in [2.05, 4.69) is 6.58 Å². The average molecular weight is 499 g/mol. The average Bonchev–Trinajstić information content (AvgIpc) is 2.84. The molecule has 0 fully saturated rings. The molecule has 0 amide bonds. The standard InChI is InChI=1S/C27H34N2O5S/c1-6-17-33-22-13-15-23(16-14-22)34-19-21(30)18-29(20(2)3)35(31,32)27-12-8-9-24-25(27)10-7-11-26(24)28(4)5/h6-16,20-21,30H,1,17-19H2,2-5H3/t21-/m0/s1. The summed E-state index contributed by atoms with van der Waals surface area (Å²) in [7, 11) is -0.0369. The Bertz CT molecular complexity index is 1240. The van der Waals surface area contributed by atoms with Crippen molar-refractivity contribution in [3.8, 4) is 11.5 Å². The molecule has 0 unspecified atom stereocenters. The van der Waals surface area contributed by atoms with Crippen LogP contribution in [0.5, 0.6) is 11.5 Å². The van der Waals surface area contributed by atoms with Gasteiger partial charge in [-0.2, -0.15) is 4.31 Å². The minimum atomic E-state index is -3.89. The summed E-state index contributed by atoms with van der Waals surface area (Å²) in [5.41, 5.74) is 0.935. The Morgan fingerprint density at radius 1 is 0.943 bits per heavy atom. The van der Waals surface area contributed by atoms with Crippen molar-refractivity contribution in [3.05, 3.63) is 73.3 Å². The summed E-state index contributed by atoms with van der Waals surface area (Å²) >= 11 is 0. The van der Waals surface area contributed by atoms with Crippen LogP contribution >= 0.6 is 0 Å². The zero-order valence-electron chi connectivity index (χ0n) is 20.7. The van der Waals surface area contributed by atoms with E-state index in [1.807, 2.05) is 43.3 Å². The molecule has 1 atom stereocenters. The Balaban J connectivity index is 1.78. The van der Waals surface area contributed by atoms with E-state index in [1.165, 1.54) is 4.31 Å². The fourth-order valence-corrected chi connectivity index (χ4v) is 5.71. The molecule has 8 heteroatoms. The van der Waals surface area contributed by atoms with Gasteiger partial charge in [-0.15, -0.1) is 0 Å². The van der Waals surface area contributed by atoms with E-state index in [0.29, 0.717) is 23.5 Å². The quantitative estimate of drug-likeness (QED) is 0.375. The van der Waals surface area contributed by atoms with Crippen LogP contribution in [0.2, 0.25) is 0 Å². The third-order valence-corrected chi connectivity index (χ3v) is 7.63. The first-order valence-electron chi connectivity index (χ1n) is 11.5. The third kappa shape index (κ3) is 6.33. The number of hydrogen-bond acceptors (Lipinski definition) is 6. The van der Waals surface area contributed by atoms with E-state index in [4.69, 9.17) is 9.47 Å². The molecule has 3 aromatic carbocycles. The molecule has 0 aliphatic rings. The van der Waals surface area contributed by atoms with Gasteiger partial charge < -0.3 is 19.5 Å². The van der Waals surface area contributed by atoms with Crippen LogP contribution in [-0.2, 0) is 10.0 Å². The molecule has 188 valence electrons. The maximum atomic E-state index is 13.7. The first-order chi connectivity index (χ1) is 16.6. The number of nitrogens with zero attached hydrogens (tertiary/aromatic N) is 2. The van der Waals surface area contributed by atoms with Gasteiger partial charge in [-0.3, -0.25) is 0 Å². The number of sulfonamides is 1. The molecular weight excluding hydrogens is 464 g/mol. The molecule has 35 heavy (non-hydrogen) atoms. The van der Waals surface area contributed by atoms with Crippen LogP contribution < -0.4 is 14.4 Å². The molecule has 0 aliphatic heterocycles. The summed E-state index contributed by atoms with van der Waals surface area (Å²) < 4.78 is 39.9. The summed E-state index contributed by atoms with van der Waals surface area (Å²) in [5.74, 6) is 1.24. The van der Waals surface area contributed by atoms with Gasteiger partial charge in [0.15, 0.2) is 0 Å². The van der Waals surface area contributed by atoms with Crippen LogP contribution in [0.3, 0.4) is 0 Å². The number of anilines is 1. The van der Waals surface area contributed by atoms with Crippen molar-refractivity contribution in [3.63, 3.8) is 0 Å². The van der Waals surface area contributed by atoms with E-state index < -0.39 is 16.1 Å². The lowest BCUT2D eigenvalue weighted by molar-refractivity contribution is 0.0840. The molecule has 0 spiro atoms. The second kappa shape index (κ2) is 11.6. The summed E-state index contributed by atoms with van der Waals surface area (Å²) in [6.45, 7) is 7.47. The molecule has 0 radical (unpaired) electrons. The zero-order valence-corrected chi connectivity index (χ0v) is 21.5. The summed E-state index contributed by atoms with van der Waals surface area (Å²) in [6.07, 6.45) is 0.644. The Kier molecular flexibility index (Phi) is 8.77. The van der Waals surface area contributed by atoms with Gasteiger partial charge in [0.25, 0.3) is 0 Å². The molecule has 0 bridgehead atoms. The molecule has 0 aromatic heterocycles. The zero-order chi connectivity index (χ0) is 25.6. The van der Waals surface area contributed by atoms with Crippen molar-refractivity contribution in [2.75, 3.05) is 38.8 Å². The maximum Gasteiger partial charge on any atom is 0.244 e. The second-order valence-corrected chi connectivity index (χ2v) is 10.6. The number of rotatable bonds is 12. The molecule has 0 saturated heterocycles. The van der Waals surface area contributed by atoms with Crippen molar-refractivity contribution < 1.29 is 23.0 Å². The monoisotopic (exact) mass is 498 g/mol. The highest BCUT2D eigenvalue weighted by atomic mass is 32.2. The normalized spacial score (nSPS) is 12.7. The van der Waals surface area contributed by atoms with Gasteiger partial charge in [-0.1, -0.05) is 36.9 Å². The number of fused-ring (bicyclic) bond motifs is 1. The van der Waals surface area contributed by atoms with Crippen LogP contribution in [0.1, 0.15) is 13.8 Å². The Morgan fingerprint density at radius 3 is 2.14 bits per heavy atom. The van der Waals surface area contributed by atoms with Gasteiger partial charge in [0.05, 0.1) is 4.90 Å². The molecular formula is C27H34N2O5S. The van der Waals surface area contributed by atoms with Crippen LogP contribution in [0.15, 0.2) is 78.2 Å². The van der Waals surface area contributed by atoms with Crippen molar-refractivity contribution in [1.29, 1.82) is 0 Å². The fourth-order valence-electron chi connectivity index (χ4n) is 3.83. The smallest absolute Gasteiger partial charge is 0.244 e. The molecule has 7 nitrogen and oxygen atoms in total. The van der Waals surface area contributed by atoms with Gasteiger partial charge in [0.2, 0.25) is 10.0 Å². The van der Waals surface area contributed by atoms with Crippen LogP contribution in [0, 0.1) is 0 Å². The molecule has 1 N–H and O–H groups in total. The topological polar surface area (TPSA) is 79.3 Å². The minimum absolute atomic E-state index is 0.0497. The third-order valence-electron chi connectivity index (χ3n) is 5.53. The summed E-state index contributed by atoms with van der Waals surface area (Å²) in [6, 6.07) is 17.6. The fraction of sp³-hybridized carbons (Fsp3) is 0.333. The van der Waals surface area contributed by atoms with E-state index >= 15 is 0 Å². The Morgan fingerprint density at radius 2 is 1.54 bits per heavy atom. The Hall–Kier alpha value is -3.07. The van der Waals surface area contributed by atoms with Gasteiger partial charge in [-0.25, -0.2) is 8.42 Å². The predicted octanol–water partition coefficient (Wildman–Crippen LogP) is 4.31. The summed E-state index contributed by atoms with van der Waals surface area (Å²) in [4.78, 5) is 2.17. The van der Waals surface area contributed by atoms with Gasteiger partial charge in [0.1, 0.15) is 30.8 Å². The second-order valence-electron chi connectivity index (χ2n) is 8.73. The van der Waals surface area contributed by atoms with Crippen LogP contribution in [-0.4, -0.2) is 63.8 Å². The van der Waals surface area contributed by atoms with Gasteiger partial charge in [0, 0.05) is 43.1 Å². The first-order valence-corrected chi connectivity index (χ1v) is 12.9. The molecule has 0 aliphatic carbocycles. The largest absolute Gasteiger partial charge is 0.491 e. The number of hydrogen-bond donors (Lipinski definition) is 1. The molecule has 0 heterocycles. The highest BCUT2D eigenvalue weighted by Gasteiger charge is 2.30. The molecule has 3 rings (SSSR count). The van der Waals surface area contributed by atoms with Crippen LogP contribution in [0.25, 0.3) is 10.8 Å². The van der Waals surface area contributed by atoms with Crippen LogP contribution in [0.4, 0.5) is 5.69 Å². The van der Waals surface area contributed by atoms with Crippen molar-refractivity contribution in [2.45, 2.75) is 30.9 Å². The molecule has 3 aromatic rings.